The lowest BCUT2D eigenvalue weighted by molar-refractivity contribution is 0.0528. The molecule has 0 N–H and O–H groups in total. The first-order valence-electron chi connectivity index (χ1n) is 8.53. The molecule has 7 heteroatoms. The third kappa shape index (κ3) is 3.91. The Balaban J connectivity index is 1.71. The number of nitriles is 1. The molecule has 1 aliphatic heterocycles. The molecule has 134 valence electrons. The molecule has 26 heavy (non-hydrogen) atoms. The van der Waals surface area contributed by atoms with Crippen molar-refractivity contribution in [3.8, 4) is 11.9 Å². The van der Waals surface area contributed by atoms with Gasteiger partial charge in [0.2, 0.25) is 0 Å². The summed E-state index contributed by atoms with van der Waals surface area (Å²) in [5, 5.41) is 9.02. The summed E-state index contributed by atoms with van der Waals surface area (Å²) in [7, 11) is 3.77. The largest absolute Gasteiger partial charge is 0.470 e. The van der Waals surface area contributed by atoms with Gasteiger partial charge in [0.15, 0.2) is 5.82 Å². The number of anilines is 1. The van der Waals surface area contributed by atoms with E-state index in [1.807, 2.05) is 19.0 Å². The summed E-state index contributed by atoms with van der Waals surface area (Å²) in [6.07, 6.45) is 4.79. The number of carbonyl (C=O) groups excluding carboxylic acids is 1. The molecule has 0 radical (unpaired) electrons. The van der Waals surface area contributed by atoms with Crippen LogP contribution in [-0.2, 0) is 0 Å². The molecular weight excluding hydrogens is 330 g/mol. The van der Waals surface area contributed by atoms with Crippen LogP contribution in [-0.4, -0.2) is 54.1 Å². The molecule has 1 atom stereocenters. The van der Waals surface area contributed by atoms with Crippen molar-refractivity contribution in [2.75, 3.05) is 32.1 Å². The van der Waals surface area contributed by atoms with Crippen LogP contribution in [0.5, 0.6) is 5.88 Å². The minimum atomic E-state index is -0.137. The minimum Gasteiger partial charge on any atom is -0.470 e. The van der Waals surface area contributed by atoms with Crippen molar-refractivity contribution in [2.45, 2.75) is 18.9 Å². The van der Waals surface area contributed by atoms with Crippen LogP contribution in [0.1, 0.15) is 28.8 Å². The molecule has 0 saturated carbocycles. The molecule has 1 fully saturated rings. The zero-order valence-electron chi connectivity index (χ0n) is 14.9. The van der Waals surface area contributed by atoms with Crippen molar-refractivity contribution in [3.63, 3.8) is 0 Å². The highest BCUT2D eigenvalue weighted by Gasteiger charge is 2.27. The number of ether oxygens (including phenoxy) is 1. The monoisotopic (exact) mass is 351 g/mol. The number of amides is 1. The number of piperidine rings is 1. The van der Waals surface area contributed by atoms with Gasteiger partial charge in [-0.1, -0.05) is 6.07 Å². The average Bonchev–Trinajstić information content (AvgIpc) is 2.68. The number of likely N-dealkylation sites (tertiary alicyclic amines) is 1. The average molecular weight is 351 g/mol. The summed E-state index contributed by atoms with van der Waals surface area (Å²) in [6, 6.07) is 8.85. The molecule has 2 aromatic rings. The predicted molar refractivity (Wildman–Crippen MR) is 97.1 cm³/mol. The van der Waals surface area contributed by atoms with E-state index in [2.05, 4.69) is 16.0 Å². The SMILES string of the molecule is CN(C)c1nccnc1OC1CCCN(C(=O)c2cccc(C#N)c2)C1. The first kappa shape index (κ1) is 17.7. The summed E-state index contributed by atoms with van der Waals surface area (Å²) in [5.41, 5.74) is 1.01. The number of benzene rings is 1. The Morgan fingerprint density at radius 1 is 1.35 bits per heavy atom. The predicted octanol–water partition coefficient (Wildman–Crippen LogP) is 2.10. The fourth-order valence-corrected chi connectivity index (χ4v) is 2.99. The molecule has 1 aromatic heterocycles. The highest BCUT2D eigenvalue weighted by Crippen LogP contribution is 2.24. The molecule has 1 amide bonds. The highest BCUT2D eigenvalue weighted by atomic mass is 16.5. The van der Waals surface area contributed by atoms with Gasteiger partial charge in [0, 0.05) is 38.6 Å². The summed E-state index contributed by atoms with van der Waals surface area (Å²) in [5.74, 6) is 1.06. The van der Waals surface area contributed by atoms with E-state index in [0.29, 0.717) is 35.9 Å². The number of hydrogen-bond donors (Lipinski definition) is 0. The lowest BCUT2D eigenvalue weighted by Gasteiger charge is -2.33. The van der Waals surface area contributed by atoms with E-state index in [4.69, 9.17) is 10.00 Å². The maximum atomic E-state index is 12.8. The minimum absolute atomic E-state index is 0.0811. The van der Waals surface area contributed by atoms with Gasteiger partial charge in [-0.15, -0.1) is 0 Å². The molecule has 0 spiro atoms. The van der Waals surface area contributed by atoms with E-state index in [1.165, 1.54) is 0 Å². The van der Waals surface area contributed by atoms with Crippen LogP contribution in [0.4, 0.5) is 5.82 Å². The summed E-state index contributed by atoms with van der Waals surface area (Å²) in [6.45, 7) is 1.16. The van der Waals surface area contributed by atoms with E-state index in [-0.39, 0.29) is 12.0 Å². The van der Waals surface area contributed by atoms with E-state index in [1.54, 1.807) is 41.6 Å². The second-order valence-corrected chi connectivity index (χ2v) is 6.41. The Kier molecular flexibility index (Phi) is 5.32. The quantitative estimate of drug-likeness (QED) is 0.839. The number of hydrogen-bond acceptors (Lipinski definition) is 6. The van der Waals surface area contributed by atoms with Crippen LogP contribution in [0.3, 0.4) is 0 Å². The first-order chi connectivity index (χ1) is 12.6. The van der Waals surface area contributed by atoms with Gasteiger partial charge in [0.1, 0.15) is 6.10 Å². The topological polar surface area (TPSA) is 82.3 Å². The maximum absolute atomic E-state index is 12.8. The molecule has 0 bridgehead atoms. The third-order valence-electron chi connectivity index (χ3n) is 4.25. The fraction of sp³-hybridized carbons (Fsp3) is 0.368. The Bertz CT molecular complexity index is 831. The van der Waals surface area contributed by atoms with Gasteiger partial charge in [0.05, 0.1) is 18.2 Å². The van der Waals surface area contributed by atoms with Gasteiger partial charge in [0.25, 0.3) is 11.8 Å². The van der Waals surface area contributed by atoms with Gasteiger partial charge >= 0.3 is 0 Å². The van der Waals surface area contributed by atoms with Crippen LogP contribution in [0.15, 0.2) is 36.7 Å². The summed E-state index contributed by atoms with van der Waals surface area (Å²) >= 11 is 0. The van der Waals surface area contributed by atoms with E-state index >= 15 is 0 Å². The number of carbonyl (C=O) groups is 1. The fourth-order valence-electron chi connectivity index (χ4n) is 2.99. The number of nitrogens with zero attached hydrogens (tertiary/aromatic N) is 5. The third-order valence-corrected chi connectivity index (χ3v) is 4.25. The molecule has 1 aliphatic rings. The molecule has 3 rings (SSSR count). The van der Waals surface area contributed by atoms with Crippen molar-refractivity contribution in [3.05, 3.63) is 47.8 Å². The smallest absolute Gasteiger partial charge is 0.257 e. The van der Waals surface area contributed by atoms with Crippen molar-refractivity contribution >= 4 is 11.7 Å². The van der Waals surface area contributed by atoms with Crippen molar-refractivity contribution in [1.29, 1.82) is 5.26 Å². The van der Waals surface area contributed by atoms with Crippen LogP contribution >= 0.6 is 0 Å². The lowest BCUT2D eigenvalue weighted by Crippen LogP contribution is -2.44. The molecule has 7 nitrogen and oxygen atoms in total. The van der Waals surface area contributed by atoms with Gasteiger partial charge in [-0.25, -0.2) is 9.97 Å². The second-order valence-electron chi connectivity index (χ2n) is 6.41. The van der Waals surface area contributed by atoms with Crippen molar-refractivity contribution in [1.82, 2.24) is 14.9 Å². The van der Waals surface area contributed by atoms with Gasteiger partial charge < -0.3 is 14.5 Å². The van der Waals surface area contributed by atoms with Gasteiger partial charge in [-0.2, -0.15) is 5.26 Å². The van der Waals surface area contributed by atoms with Crippen LogP contribution in [0, 0.1) is 11.3 Å². The van der Waals surface area contributed by atoms with Crippen LogP contribution < -0.4 is 9.64 Å². The molecule has 0 aliphatic carbocycles. The highest BCUT2D eigenvalue weighted by molar-refractivity contribution is 5.94. The standard InChI is InChI=1S/C19H21N5O2/c1-23(2)17-18(22-9-8-21-17)26-16-7-4-10-24(13-16)19(25)15-6-3-5-14(11-15)12-20/h3,5-6,8-9,11,16H,4,7,10,13H2,1-2H3. The zero-order valence-corrected chi connectivity index (χ0v) is 14.9. The Labute approximate surface area is 152 Å². The lowest BCUT2D eigenvalue weighted by atomic mass is 10.1. The molecule has 1 aromatic carbocycles. The van der Waals surface area contributed by atoms with Crippen molar-refractivity contribution < 1.29 is 9.53 Å². The first-order valence-corrected chi connectivity index (χ1v) is 8.53. The van der Waals surface area contributed by atoms with Crippen molar-refractivity contribution in [2.24, 2.45) is 0 Å². The normalized spacial score (nSPS) is 16.7. The van der Waals surface area contributed by atoms with E-state index in [9.17, 15) is 4.79 Å². The number of rotatable bonds is 4. The second kappa shape index (κ2) is 7.83. The van der Waals surface area contributed by atoms with Gasteiger partial charge in [-0.3, -0.25) is 4.79 Å². The molecular formula is C19H21N5O2. The summed E-state index contributed by atoms with van der Waals surface area (Å²) < 4.78 is 6.05. The van der Waals surface area contributed by atoms with Crippen LogP contribution in [0.25, 0.3) is 0 Å². The maximum Gasteiger partial charge on any atom is 0.257 e. The molecule has 2 heterocycles. The molecule has 1 unspecified atom stereocenters. The summed E-state index contributed by atoms with van der Waals surface area (Å²) in [4.78, 5) is 25.0. The van der Waals surface area contributed by atoms with Gasteiger partial charge in [-0.05, 0) is 31.0 Å². The Hall–Kier alpha value is -3.14. The number of aromatic nitrogens is 2. The molecule has 1 saturated heterocycles. The Morgan fingerprint density at radius 2 is 2.15 bits per heavy atom. The van der Waals surface area contributed by atoms with E-state index in [0.717, 1.165) is 12.8 Å². The zero-order chi connectivity index (χ0) is 18.5. The Morgan fingerprint density at radius 3 is 2.92 bits per heavy atom. The van der Waals surface area contributed by atoms with Crippen LogP contribution in [0.2, 0.25) is 0 Å². The van der Waals surface area contributed by atoms with E-state index < -0.39 is 0 Å².